The molecular weight excluding hydrogens is 376 g/mol. The Bertz CT molecular complexity index is 992. The second kappa shape index (κ2) is 7.59. The van der Waals surface area contributed by atoms with Gasteiger partial charge >= 0.3 is 0 Å². The number of carbonyl (C=O) groups excluding carboxylic acids is 1. The summed E-state index contributed by atoms with van der Waals surface area (Å²) >= 11 is 0. The van der Waals surface area contributed by atoms with Crippen LogP contribution >= 0.6 is 0 Å². The standard InChI is InChI=1S/C20H20N4O5/c25-18(21-15-1-2-16-17(9-15)28-12-27-16)10-24-6-3-13(4-7-24)19-22-23-20(29-19)14-5-8-26-11-14/h1-2,5,8-9,11,13H,3-4,6-7,10,12H2,(H,21,25). The molecule has 2 aromatic heterocycles. The smallest absolute Gasteiger partial charge is 0.250 e. The van der Waals surface area contributed by atoms with Crippen LogP contribution in [0.4, 0.5) is 5.69 Å². The van der Waals surface area contributed by atoms with Gasteiger partial charge in [0.25, 0.3) is 5.89 Å². The summed E-state index contributed by atoms with van der Waals surface area (Å²) in [5.74, 6) is 2.61. The van der Waals surface area contributed by atoms with E-state index in [-0.39, 0.29) is 18.6 Å². The molecule has 0 atom stereocenters. The fourth-order valence-electron chi connectivity index (χ4n) is 3.62. The molecule has 9 heteroatoms. The van der Waals surface area contributed by atoms with Crippen LogP contribution in [0, 0.1) is 0 Å². The van der Waals surface area contributed by atoms with Crippen LogP contribution in [0.2, 0.25) is 0 Å². The Morgan fingerprint density at radius 2 is 2.00 bits per heavy atom. The highest BCUT2D eigenvalue weighted by molar-refractivity contribution is 5.92. The third-order valence-corrected chi connectivity index (χ3v) is 5.17. The van der Waals surface area contributed by atoms with Crippen LogP contribution in [0.1, 0.15) is 24.7 Å². The third kappa shape index (κ3) is 3.81. The van der Waals surface area contributed by atoms with Gasteiger partial charge < -0.3 is 23.6 Å². The van der Waals surface area contributed by atoms with Gasteiger partial charge in [0.1, 0.15) is 6.26 Å². The normalized spacial score (nSPS) is 16.8. The monoisotopic (exact) mass is 396 g/mol. The topological polar surface area (TPSA) is 103 Å². The first-order chi connectivity index (χ1) is 14.2. The quantitative estimate of drug-likeness (QED) is 0.702. The lowest BCUT2D eigenvalue weighted by Gasteiger charge is -2.29. The summed E-state index contributed by atoms with van der Waals surface area (Å²) in [6.07, 6.45) is 4.89. The molecule has 0 bridgehead atoms. The van der Waals surface area contributed by atoms with E-state index >= 15 is 0 Å². The third-order valence-electron chi connectivity index (χ3n) is 5.17. The molecule has 29 heavy (non-hydrogen) atoms. The number of hydrogen-bond acceptors (Lipinski definition) is 8. The number of benzene rings is 1. The highest BCUT2D eigenvalue weighted by Gasteiger charge is 2.26. The lowest BCUT2D eigenvalue weighted by Crippen LogP contribution is -2.38. The molecule has 2 aliphatic rings. The number of furan rings is 1. The fraction of sp³-hybridized carbons (Fsp3) is 0.350. The molecule has 5 rings (SSSR count). The molecule has 150 valence electrons. The highest BCUT2D eigenvalue weighted by atomic mass is 16.7. The molecule has 0 aliphatic carbocycles. The summed E-state index contributed by atoms with van der Waals surface area (Å²) in [4.78, 5) is 14.5. The van der Waals surface area contributed by atoms with Gasteiger partial charge in [-0.2, -0.15) is 0 Å². The fourth-order valence-corrected chi connectivity index (χ4v) is 3.62. The van der Waals surface area contributed by atoms with Gasteiger partial charge in [0.05, 0.1) is 18.4 Å². The zero-order chi connectivity index (χ0) is 19.6. The van der Waals surface area contributed by atoms with Gasteiger partial charge in [-0.15, -0.1) is 10.2 Å². The van der Waals surface area contributed by atoms with E-state index < -0.39 is 0 Å². The molecular formula is C20H20N4O5. The summed E-state index contributed by atoms with van der Waals surface area (Å²) < 4.78 is 21.5. The first kappa shape index (κ1) is 17.7. The van der Waals surface area contributed by atoms with E-state index in [2.05, 4.69) is 20.4 Å². The number of amides is 1. The van der Waals surface area contributed by atoms with E-state index in [1.807, 2.05) is 6.07 Å². The lowest BCUT2D eigenvalue weighted by atomic mass is 9.97. The number of carbonyl (C=O) groups is 1. The summed E-state index contributed by atoms with van der Waals surface area (Å²) in [5, 5.41) is 11.2. The van der Waals surface area contributed by atoms with Crippen molar-refractivity contribution in [2.45, 2.75) is 18.8 Å². The SMILES string of the molecule is O=C(CN1CCC(c2nnc(-c3ccoc3)o2)CC1)Nc1ccc2c(c1)OCO2. The van der Waals surface area contributed by atoms with Crippen LogP contribution < -0.4 is 14.8 Å². The van der Waals surface area contributed by atoms with Crippen molar-refractivity contribution < 1.29 is 23.1 Å². The molecule has 1 saturated heterocycles. The van der Waals surface area contributed by atoms with Gasteiger partial charge in [-0.05, 0) is 44.1 Å². The van der Waals surface area contributed by atoms with E-state index in [1.165, 1.54) is 0 Å². The number of nitrogens with zero attached hydrogens (tertiary/aromatic N) is 3. The van der Waals surface area contributed by atoms with E-state index in [9.17, 15) is 4.79 Å². The Morgan fingerprint density at radius 1 is 1.14 bits per heavy atom. The molecule has 0 spiro atoms. The molecule has 0 radical (unpaired) electrons. The molecule has 9 nitrogen and oxygen atoms in total. The number of likely N-dealkylation sites (tertiary alicyclic amines) is 1. The summed E-state index contributed by atoms with van der Waals surface area (Å²) in [7, 11) is 0. The molecule has 1 N–H and O–H groups in total. The molecule has 0 saturated carbocycles. The van der Waals surface area contributed by atoms with Crippen LogP contribution in [0.5, 0.6) is 11.5 Å². The van der Waals surface area contributed by atoms with Gasteiger partial charge in [0.2, 0.25) is 18.6 Å². The van der Waals surface area contributed by atoms with Crippen LogP contribution in [0.25, 0.3) is 11.5 Å². The molecule has 2 aliphatic heterocycles. The summed E-state index contributed by atoms with van der Waals surface area (Å²) in [6, 6.07) is 7.18. The molecule has 0 unspecified atom stereocenters. The lowest BCUT2D eigenvalue weighted by molar-refractivity contribution is -0.117. The van der Waals surface area contributed by atoms with Crippen LogP contribution in [-0.2, 0) is 4.79 Å². The zero-order valence-electron chi connectivity index (χ0n) is 15.7. The average Bonchev–Trinajstić information content (AvgIpc) is 3.48. The maximum atomic E-state index is 12.4. The van der Waals surface area contributed by atoms with E-state index in [0.717, 1.165) is 31.5 Å². The van der Waals surface area contributed by atoms with Gasteiger partial charge in [-0.1, -0.05) is 0 Å². The molecule has 1 aromatic carbocycles. The molecule has 1 fully saturated rings. The van der Waals surface area contributed by atoms with Crippen molar-refractivity contribution in [3.8, 4) is 23.0 Å². The number of hydrogen-bond donors (Lipinski definition) is 1. The number of aromatic nitrogens is 2. The zero-order valence-corrected chi connectivity index (χ0v) is 15.7. The number of rotatable bonds is 5. The van der Waals surface area contributed by atoms with Crippen molar-refractivity contribution in [1.29, 1.82) is 0 Å². The number of nitrogens with one attached hydrogen (secondary N) is 1. The number of fused-ring (bicyclic) bond motifs is 1. The first-order valence-corrected chi connectivity index (χ1v) is 9.52. The first-order valence-electron chi connectivity index (χ1n) is 9.52. The maximum absolute atomic E-state index is 12.4. The van der Waals surface area contributed by atoms with Crippen LogP contribution in [0.3, 0.4) is 0 Å². The molecule has 3 aromatic rings. The summed E-state index contributed by atoms with van der Waals surface area (Å²) in [6.45, 7) is 2.14. The highest BCUT2D eigenvalue weighted by Crippen LogP contribution is 2.34. The average molecular weight is 396 g/mol. The largest absolute Gasteiger partial charge is 0.472 e. The Kier molecular flexibility index (Phi) is 4.65. The van der Waals surface area contributed by atoms with Gasteiger partial charge in [0.15, 0.2) is 11.5 Å². The van der Waals surface area contributed by atoms with Crippen LogP contribution in [-0.4, -0.2) is 47.4 Å². The number of ether oxygens (including phenoxy) is 2. The van der Waals surface area contributed by atoms with Gasteiger partial charge in [-0.25, -0.2) is 0 Å². The second-order valence-electron chi connectivity index (χ2n) is 7.12. The van der Waals surface area contributed by atoms with Crippen molar-refractivity contribution in [2.24, 2.45) is 0 Å². The minimum atomic E-state index is -0.0534. The predicted octanol–water partition coefficient (Wildman–Crippen LogP) is 2.88. The number of piperidine rings is 1. The van der Waals surface area contributed by atoms with Gasteiger partial charge in [-0.3, -0.25) is 9.69 Å². The summed E-state index contributed by atoms with van der Waals surface area (Å²) in [5.41, 5.74) is 1.48. The van der Waals surface area contributed by atoms with E-state index in [1.54, 1.807) is 30.7 Å². The van der Waals surface area contributed by atoms with E-state index in [4.69, 9.17) is 18.3 Å². The predicted molar refractivity (Wildman–Crippen MR) is 102 cm³/mol. The van der Waals surface area contributed by atoms with Crippen molar-refractivity contribution in [1.82, 2.24) is 15.1 Å². The van der Waals surface area contributed by atoms with Crippen molar-refractivity contribution >= 4 is 11.6 Å². The Hall–Kier alpha value is -3.33. The van der Waals surface area contributed by atoms with Crippen molar-refractivity contribution in [3.05, 3.63) is 42.7 Å². The Balaban J connectivity index is 1.13. The Morgan fingerprint density at radius 3 is 2.83 bits per heavy atom. The van der Waals surface area contributed by atoms with E-state index in [0.29, 0.717) is 35.5 Å². The van der Waals surface area contributed by atoms with Crippen LogP contribution in [0.15, 0.2) is 45.6 Å². The van der Waals surface area contributed by atoms with Crippen molar-refractivity contribution in [3.63, 3.8) is 0 Å². The molecule has 4 heterocycles. The number of anilines is 1. The second-order valence-corrected chi connectivity index (χ2v) is 7.12. The maximum Gasteiger partial charge on any atom is 0.250 e. The molecule has 1 amide bonds. The Labute approximate surface area is 166 Å². The minimum absolute atomic E-state index is 0.0534. The van der Waals surface area contributed by atoms with Gasteiger partial charge in [0, 0.05) is 17.7 Å². The minimum Gasteiger partial charge on any atom is -0.472 e. The van der Waals surface area contributed by atoms with Crippen molar-refractivity contribution in [2.75, 3.05) is 31.7 Å².